The molecule has 0 bridgehead atoms. The van der Waals surface area contributed by atoms with Gasteiger partial charge in [-0.3, -0.25) is 0 Å². The number of hydrogen-bond donors (Lipinski definition) is 1. The van der Waals surface area contributed by atoms with Crippen LogP contribution >= 0.6 is 11.3 Å². The van der Waals surface area contributed by atoms with Crippen LogP contribution in [0.2, 0.25) is 0 Å². The molecule has 1 rings (SSSR count). The maximum Gasteiger partial charge on any atom is 0.209 e. The van der Waals surface area contributed by atoms with Crippen LogP contribution in [0.15, 0.2) is 9.72 Å². The lowest BCUT2D eigenvalue weighted by Crippen LogP contribution is -2.04. The molecule has 0 aromatic carbocycles. The van der Waals surface area contributed by atoms with Crippen molar-refractivity contribution in [1.29, 1.82) is 0 Å². The van der Waals surface area contributed by atoms with Crippen LogP contribution in [0.3, 0.4) is 0 Å². The summed E-state index contributed by atoms with van der Waals surface area (Å²) in [6.07, 6.45) is 1.60. The highest BCUT2D eigenvalue weighted by molar-refractivity contribution is 7.93. The number of aromatic nitrogens is 1. The van der Waals surface area contributed by atoms with Crippen molar-refractivity contribution in [3.63, 3.8) is 0 Å². The standard InChI is InChI=1S/C8H14N2O2S2/c1-2-14(11,12)8-10-7(6-13-8)4-3-5-9/h6H,2-5,9H2,1H3. The van der Waals surface area contributed by atoms with E-state index in [0.29, 0.717) is 6.54 Å². The van der Waals surface area contributed by atoms with Crippen molar-refractivity contribution >= 4 is 21.2 Å². The average molecular weight is 234 g/mol. The molecule has 0 saturated carbocycles. The lowest BCUT2D eigenvalue weighted by Gasteiger charge is -1.94. The van der Waals surface area contributed by atoms with Crippen LogP contribution in [-0.4, -0.2) is 25.7 Å². The Morgan fingerprint density at radius 3 is 2.86 bits per heavy atom. The molecule has 0 atom stereocenters. The molecule has 0 aliphatic heterocycles. The third-order valence-corrected chi connectivity index (χ3v) is 4.93. The molecule has 1 heterocycles. The molecule has 1 aromatic heterocycles. The molecule has 6 heteroatoms. The van der Waals surface area contributed by atoms with E-state index < -0.39 is 9.84 Å². The minimum absolute atomic E-state index is 0.108. The summed E-state index contributed by atoms with van der Waals surface area (Å²) in [6.45, 7) is 2.23. The molecule has 0 radical (unpaired) electrons. The molecule has 4 nitrogen and oxygen atoms in total. The Morgan fingerprint density at radius 1 is 1.57 bits per heavy atom. The number of nitrogens with zero attached hydrogens (tertiary/aromatic N) is 1. The summed E-state index contributed by atoms with van der Waals surface area (Å²) < 4.78 is 23.1. The van der Waals surface area contributed by atoms with Crippen molar-refractivity contribution < 1.29 is 8.42 Å². The van der Waals surface area contributed by atoms with E-state index in [0.717, 1.165) is 18.5 Å². The van der Waals surface area contributed by atoms with Crippen molar-refractivity contribution in [3.05, 3.63) is 11.1 Å². The minimum atomic E-state index is -3.13. The topological polar surface area (TPSA) is 73.0 Å². The van der Waals surface area contributed by atoms with Crippen LogP contribution in [0.5, 0.6) is 0 Å². The van der Waals surface area contributed by atoms with Crippen LogP contribution in [0.1, 0.15) is 19.0 Å². The van der Waals surface area contributed by atoms with E-state index in [2.05, 4.69) is 4.98 Å². The summed E-state index contributed by atoms with van der Waals surface area (Å²) in [4.78, 5) is 4.07. The van der Waals surface area contributed by atoms with Crippen molar-refractivity contribution in [1.82, 2.24) is 4.98 Å². The maximum absolute atomic E-state index is 11.4. The van der Waals surface area contributed by atoms with Crippen LogP contribution < -0.4 is 5.73 Å². The summed E-state index contributed by atoms with van der Waals surface area (Å²) in [5, 5.41) is 1.79. The van der Waals surface area contributed by atoms with Gasteiger partial charge in [0, 0.05) is 5.38 Å². The second kappa shape index (κ2) is 4.86. The quantitative estimate of drug-likeness (QED) is 0.819. The molecule has 1 aromatic rings. The Labute approximate surface area is 88.1 Å². The first kappa shape index (κ1) is 11.6. The molecule has 0 aliphatic carbocycles. The third kappa shape index (κ3) is 2.76. The lowest BCUT2D eigenvalue weighted by atomic mass is 10.3. The molecular formula is C8H14N2O2S2. The number of sulfone groups is 1. The van der Waals surface area contributed by atoms with Gasteiger partial charge in [-0.1, -0.05) is 6.92 Å². The fraction of sp³-hybridized carbons (Fsp3) is 0.625. The fourth-order valence-corrected chi connectivity index (χ4v) is 3.12. The first-order valence-electron chi connectivity index (χ1n) is 4.47. The smallest absolute Gasteiger partial charge is 0.209 e. The molecule has 14 heavy (non-hydrogen) atoms. The van der Waals surface area contributed by atoms with Gasteiger partial charge in [0.05, 0.1) is 11.4 Å². The van der Waals surface area contributed by atoms with Crippen LogP contribution in [0.25, 0.3) is 0 Å². The number of rotatable bonds is 5. The Hall–Kier alpha value is -0.460. The van der Waals surface area contributed by atoms with Gasteiger partial charge in [-0.15, -0.1) is 11.3 Å². The van der Waals surface area contributed by atoms with Crippen molar-refractivity contribution in [2.45, 2.75) is 24.1 Å². The van der Waals surface area contributed by atoms with Crippen LogP contribution in [0.4, 0.5) is 0 Å². The summed E-state index contributed by atoms with van der Waals surface area (Å²) in [7, 11) is -3.13. The van der Waals surface area contributed by atoms with E-state index >= 15 is 0 Å². The summed E-state index contributed by atoms with van der Waals surface area (Å²) in [6, 6.07) is 0. The molecular weight excluding hydrogens is 220 g/mol. The number of thiazole rings is 1. The molecule has 0 spiro atoms. The molecule has 80 valence electrons. The molecule has 0 saturated heterocycles. The first-order valence-corrected chi connectivity index (χ1v) is 7.00. The van der Waals surface area contributed by atoms with E-state index in [4.69, 9.17) is 5.73 Å². The number of nitrogens with two attached hydrogens (primary N) is 1. The van der Waals surface area contributed by atoms with Gasteiger partial charge in [0.1, 0.15) is 0 Å². The minimum Gasteiger partial charge on any atom is -0.330 e. The van der Waals surface area contributed by atoms with E-state index in [1.54, 1.807) is 12.3 Å². The Kier molecular flexibility index (Phi) is 4.03. The Bertz CT molecular complexity index is 384. The molecule has 0 unspecified atom stereocenters. The van der Waals surface area contributed by atoms with Gasteiger partial charge in [-0.25, -0.2) is 13.4 Å². The first-order chi connectivity index (χ1) is 6.60. The van der Waals surface area contributed by atoms with E-state index in [9.17, 15) is 8.42 Å². The van der Waals surface area contributed by atoms with Gasteiger partial charge in [-0.2, -0.15) is 0 Å². The summed E-state index contributed by atoms with van der Waals surface area (Å²) in [5.41, 5.74) is 6.18. The third-order valence-electron chi connectivity index (χ3n) is 1.81. The van der Waals surface area contributed by atoms with Crippen LogP contribution in [0, 0.1) is 0 Å². The maximum atomic E-state index is 11.4. The fourth-order valence-electron chi connectivity index (χ4n) is 0.953. The molecule has 0 aliphatic rings. The Balaban J connectivity index is 2.78. The zero-order valence-corrected chi connectivity index (χ0v) is 9.70. The highest BCUT2D eigenvalue weighted by Gasteiger charge is 2.15. The van der Waals surface area contributed by atoms with Gasteiger partial charge in [0.25, 0.3) is 0 Å². The van der Waals surface area contributed by atoms with Crippen LogP contribution in [-0.2, 0) is 16.3 Å². The largest absolute Gasteiger partial charge is 0.330 e. The molecule has 0 fully saturated rings. The monoisotopic (exact) mass is 234 g/mol. The predicted octanol–water partition coefficient (Wildman–Crippen LogP) is 0.828. The van der Waals surface area contributed by atoms with Gasteiger partial charge in [0.2, 0.25) is 14.2 Å². The van der Waals surface area contributed by atoms with E-state index in [1.807, 2.05) is 0 Å². The highest BCUT2D eigenvalue weighted by atomic mass is 32.2. The van der Waals surface area contributed by atoms with Gasteiger partial charge in [0.15, 0.2) is 0 Å². The zero-order chi connectivity index (χ0) is 10.6. The predicted molar refractivity (Wildman–Crippen MR) is 57.2 cm³/mol. The number of hydrogen-bond acceptors (Lipinski definition) is 5. The zero-order valence-electron chi connectivity index (χ0n) is 8.06. The second-order valence-corrected chi connectivity index (χ2v) is 6.21. The van der Waals surface area contributed by atoms with E-state index in [-0.39, 0.29) is 10.1 Å². The highest BCUT2D eigenvalue weighted by Crippen LogP contribution is 2.17. The Morgan fingerprint density at radius 2 is 2.29 bits per heavy atom. The van der Waals surface area contributed by atoms with Crippen molar-refractivity contribution in [2.24, 2.45) is 5.73 Å². The van der Waals surface area contributed by atoms with E-state index in [1.165, 1.54) is 11.3 Å². The van der Waals surface area contributed by atoms with Gasteiger partial charge < -0.3 is 5.73 Å². The lowest BCUT2D eigenvalue weighted by molar-refractivity contribution is 0.596. The second-order valence-electron chi connectivity index (χ2n) is 2.90. The normalized spacial score (nSPS) is 11.9. The molecule has 0 amide bonds. The average Bonchev–Trinajstić information content (AvgIpc) is 2.63. The molecule has 2 N–H and O–H groups in total. The number of aryl methyl sites for hydroxylation is 1. The summed E-state index contributed by atoms with van der Waals surface area (Å²) in [5.74, 6) is 0.108. The summed E-state index contributed by atoms with van der Waals surface area (Å²) >= 11 is 1.19. The SMILES string of the molecule is CCS(=O)(=O)c1nc(CCCN)cs1. The van der Waals surface area contributed by atoms with Crippen molar-refractivity contribution in [3.8, 4) is 0 Å². The van der Waals surface area contributed by atoms with Gasteiger partial charge >= 0.3 is 0 Å². The van der Waals surface area contributed by atoms with Gasteiger partial charge in [-0.05, 0) is 19.4 Å². The van der Waals surface area contributed by atoms with Crippen molar-refractivity contribution in [2.75, 3.05) is 12.3 Å².